The Hall–Kier alpha value is -1.32. The van der Waals surface area contributed by atoms with Gasteiger partial charge in [-0.3, -0.25) is 4.79 Å². The van der Waals surface area contributed by atoms with Crippen molar-refractivity contribution >= 4 is 11.9 Å². The van der Waals surface area contributed by atoms with Crippen molar-refractivity contribution in [3.63, 3.8) is 0 Å². The van der Waals surface area contributed by atoms with E-state index in [-0.39, 0.29) is 5.91 Å². The van der Waals surface area contributed by atoms with E-state index in [1.165, 1.54) is 6.08 Å². The maximum atomic E-state index is 10.9. The normalized spacial score (nSPS) is 12.8. The van der Waals surface area contributed by atoms with Crippen LogP contribution in [0, 0.1) is 0 Å². The molecule has 0 aliphatic carbocycles. The molecule has 0 aromatic carbocycles. The van der Waals surface area contributed by atoms with Crippen LogP contribution in [-0.2, 0) is 9.59 Å². The highest BCUT2D eigenvalue weighted by Crippen LogP contribution is 1.90. The van der Waals surface area contributed by atoms with E-state index < -0.39 is 12.0 Å². The molecule has 0 aromatic heterocycles. The van der Waals surface area contributed by atoms with Gasteiger partial charge in [-0.15, -0.1) is 0 Å². The molecular weight excluding hydrogens is 158 g/mol. The van der Waals surface area contributed by atoms with Crippen LogP contribution in [-0.4, -0.2) is 23.0 Å². The second-order valence-electron chi connectivity index (χ2n) is 2.31. The van der Waals surface area contributed by atoms with E-state index in [9.17, 15) is 9.59 Å². The number of carboxylic acid groups (broad SMARTS) is 1. The molecule has 0 aliphatic heterocycles. The van der Waals surface area contributed by atoms with Crippen LogP contribution in [0.25, 0.3) is 0 Å². The van der Waals surface area contributed by atoms with E-state index in [2.05, 4.69) is 5.32 Å². The second-order valence-corrected chi connectivity index (χ2v) is 2.31. The third kappa shape index (κ3) is 3.75. The Morgan fingerprint density at radius 3 is 2.50 bits per heavy atom. The van der Waals surface area contributed by atoms with Crippen molar-refractivity contribution in [3.05, 3.63) is 12.2 Å². The van der Waals surface area contributed by atoms with Crippen molar-refractivity contribution in [3.8, 4) is 0 Å². The van der Waals surface area contributed by atoms with Crippen molar-refractivity contribution in [2.75, 3.05) is 0 Å². The second kappa shape index (κ2) is 5.35. The van der Waals surface area contributed by atoms with Gasteiger partial charge in [0.1, 0.15) is 6.04 Å². The zero-order valence-corrected chi connectivity index (χ0v) is 7.20. The largest absolute Gasteiger partial charge is 0.480 e. The van der Waals surface area contributed by atoms with Gasteiger partial charge in [0, 0.05) is 0 Å². The Bertz CT molecular complexity index is 198. The summed E-state index contributed by atoms with van der Waals surface area (Å²) in [6.45, 7) is 3.40. The molecule has 2 N–H and O–H groups in total. The lowest BCUT2D eigenvalue weighted by Crippen LogP contribution is -2.39. The van der Waals surface area contributed by atoms with Gasteiger partial charge in [0.25, 0.3) is 0 Å². The zero-order chi connectivity index (χ0) is 9.56. The molecule has 0 radical (unpaired) electrons. The summed E-state index contributed by atoms with van der Waals surface area (Å²) in [7, 11) is 0. The lowest BCUT2D eigenvalue weighted by atomic mass is 10.2. The summed E-state index contributed by atoms with van der Waals surface area (Å²) in [6, 6.07) is -0.784. The van der Waals surface area contributed by atoms with Gasteiger partial charge in [0.05, 0.1) is 0 Å². The summed E-state index contributed by atoms with van der Waals surface area (Å²) in [5, 5.41) is 10.9. The molecule has 0 rings (SSSR count). The highest BCUT2D eigenvalue weighted by molar-refractivity contribution is 5.90. The smallest absolute Gasteiger partial charge is 0.326 e. The number of allylic oxidation sites excluding steroid dienone is 1. The third-order valence-electron chi connectivity index (χ3n) is 1.34. The standard InChI is InChI=1S/C8H13NO3/c1-3-5-7(10)9-6(4-2)8(11)12/h3,5-6H,4H2,1-2H3,(H,9,10)(H,11,12)/t6-/m1/s1. The molecule has 0 saturated heterocycles. The Kier molecular flexibility index (Phi) is 4.76. The summed E-state index contributed by atoms with van der Waals surface area (Å²) in [4.78, 5) is 21.3. The van der Waals surface area contributed by atoms with Gasteiger partial charge in [-0.2, -0.15) is 0 Å². The number of amides is 1. The van der Waals surface area contributed by atoms with Crippen LogP contribution in [0.3, 0.4) is 0 Å². The number of aliphatic carboxylic acids is 1. The van der Waals surface area contributed by atoms with E-state index >= 15 is 0 Å². The fraction of sp³-hybridized carbons (Fsp3) is 0.500. The molecule has 0 aromatic rings. The van der Waals surface area contributed by atoms with Crippen molar-refractivity contribution in [1.82, 2.24) is 5.32 Å². The number of carbonyl (C=O) groups is 2. The number of nitrogens with one attached hydrogen (secondary N) is 1. The van der Waals surface area contributed by atoms with Crippen LogP contribution >= 0.6 is 0 Å². The number of rotatable bonds is 4. The van der Waals surface area contributed by atoms with Gasteiger partial charge in [-0.05, 0) is 19.4 Å². The van der Waals surface area contributed by atoms with E-state index in [4.69, 9.17) is 5.11 Å². The minimum Gasteiger partial charge on any atom is -0.480 e. The lowest BCUT2D eigenvalue weighted by molar-refractivity contribution is -0.141. The van der Waals surface area contributed by atoms with Crippen LogP contribution in [0.4, 0.5) is 0 Å². The predicted molar refractivity (Wildman–Crippen MR) is 44.7 cm³/mol. The first-order chi connectivity index (χ1) is 5.61. The Labute approximate surface area is 71.3 Å². The number of carbonyl (C=O) groups excluding carboxylic acids is 1. The average molecular weight is 171 g/mol. The van der Waals surface area contributed by atoms with Crippen molar-refractivity contribution in [2.24, 2.45) is 0 Å². The van der Waals surface area contributed by atoms with Gasteiger partial charge >= 0.3 is 5.97 Å². The molecule has 4 heteroatoms. The number of carboxylic acids is 1. The Balaban J connectivity index is 4.03. The van der Waals surface area contributed by atoms with Crippen molar-refractivity contribution in [2.45, 2.75) is 26.3 Å². The number of hydrogen-bond donors (Lipinski definition) is 2. The zero-order valence-electron chi connectivity index (χ0n) is 7.20. The van der Waals surface area contributed by atoms with E-state index in [0.717, 1.165) is 0 Å². The summed E-state index contributed by atoms with van der Waals surface area (Å²) >= 11 is 0. The minimum atomic E-state index is -1.00. The van der Waals surface area contributed by atoms with E-state index in [1.807, 2.05) is 0 Å². The third-order valence-corrected chi connectivity index (χ3v) is 1.34. The van der Waals surface area contributed by atoms with Crippen LogP contribution in [0.1, 0.15) is 20.3 Å². The molecule has 12 heavy (non-hydrogen) atoms. The molecular formula is C8H13NO3. The summed E-state index contributed by atoms with van der Waals surface area (Å²) < 4.78 is 0. The maximum absolute atomic E-state index is 10.9. The molecule has 0 aliphatic rings. The van der Waals surface area contributed by atoms with E-state index in [0.29, 0.717) is 6.42 Å². The molecule has 1 atom stereocenters. The summed E-state index contributed by atoms with van der Waals surface area (Å²) in [5.41, 5.74) is 0. The molecule has 0 unspecified atom stereocenters. The molecule has 0 fully saturated rings. The molecule has 0 spiro atoms. The fourth-order valence-electron chi connectivity index (χ4n) is 0.710. The maximum Gasteiger partial charge on any atom is 0.326 e. The van der Waals surface area contributed by atoms with Crippen LogP contribution < -0.4 is 5.32 Å². The molecule has 0 bridgehead atoms. The van der Waals surface area contributed by atoms with Gasteiger partial charge in [0.2, 0.25) is 5.91 Å². The van der Waals surface area contributed by atoms with Gasteiger partial charge in [-0.25, -0.2) is 4.79 Å². The first-order valence-corrected chi connectivity index (χ1v) is 3.77. The monoisotopic (exact) mass is 171 g/mol. The quantitative estimate of drug-likeness (QED) is 0.607. The van der Waals surface area contributed by atoms with Crippen LogP contribution in [0.2, 0.25) is 0 Å². The predicted octanol–water partition coefficient (Wildman–Crippen LogP) is 0.542. The SMILES string of the molecule is CC=CC(=O)N[C@H](CC)C(=O)O. The molecule has 1 amide bonds. The summed E-state index contributed by atoms with van der Waals surface area (Å²) in [6.07, 6.45) is 3.24. The fourth-order valence-corrected chi connectivity index (χ4v) is 0.710. The molecule has 0 heterocycles. The number of hydrogen-bond acceptors (Lipinski definition) is 2. The van der Waals surface area contributed by atoms with Gasteiger partial charge in [0.15, 0.2) is 0 Å². The van der Waals surface area contributed by atoms with E-state index in [1.54, 1.807) is 19.9 Å². The van der Waals surface area contributed by atoms with Crippen LogP contribution in [0.15, 0.2) is 12.2 Å². The van der Waals surface area contributed by atoms with Crippen LogP contribution in [0.5, 0.6) is 0 Å². The van der Waals surface area contributed by atoms with Gasteiger partial charge in [-0.1, -0.05) is 13.0 Å². The van der Waals surface area contributed by atoms with Gasteiger partial charge < -0.3 is 10.4 Å². The first-order valence-electron chi connectivity index (χ1n) is 3.77. The first kappa shape index (κ1) is 10.7. The average Bonchev–Trinajstić information content (AvgIpc) is 2.00. The minimum absolute atomic E-state index is 0.369. The highest BCUT2D eigenvalue weighted by atomic mass is 16.4. The highest BCUT2D eigenvalue weighted by Gasteiger charge is 2.15. The molecule has 68 valence electrons. The topological polar surface area (TPSA) is 66.4 Å². The Morgan fingerprint density at radius 2 is 2.17 bits per heavy atom. The van der Waals surface area contributed by atoms with Crippen molar-refractivity contribution in [1.29, 1.82) is 0 Å². The lowest BCUT2D eigenvalue weighted by Gasteiger charge is -2.09. The Morgan fingerprint density at radius 1 is 1.58 bits per heavy atom. The molecule has 0 saturated carbocycles. The summed E-state index contributed by atoms with van der Waals surface area (Å²) in [5.74, 6) is -1.37. The van der Waals surface area contributed by atoms with Crippen molar-refractivity contribution < 1.29 is 14.7 Å². The molecule has 4 nitrogen and oxygen atoms in total.